The quantitative estimate of drug-likeness (QED) is 0.682. The molecule has 3 atom stereocenters. The number of benzene rings is 1. The van der Waals surface area contributed by atoms with Gasteiger partial charge < -0.3 is 15.4 Å². The van der Waals surface area contributed by atoms with Crippen LogP contribution in [-0.2, 0) is 9.53 Å². The van der Waals surface area contributed by atoms with Crippen LogP contribution in [0.15, 0.2) is 24.3 Å². The van der Waals surface area contributed by atoms with Crippen LogP contribution in [0.25, 0.3) is 0 Å². The van der Waals surface area contributed by atoms with Crippen molar-refractivity contribution < 1.29 is 14.3 Å². The zero-order valence-corrected chi connectivity index (χ0v) is 16.3. The Labute approximate surface area is 161 Å². The summed E-state index contributed by atoms with van der Waals surface area (Å²) >= 11 is 2.21. The van der Waals surface area contributed by atoms with Crippen molar-refractivity contribution in [3.8, 4) is 0 Å². The van der Waals surface area contributed by atoms with Gasteiger partial charge in [-0.3, -0.25) is 10.1 Å². The van der Waals surface area contributed by atoms with Crippen molar-refractivity contribution in [3.05, 3.63) is 27.8 Å². The Hall–Kier alpha value is -1.35. The molecule has 7 heteroatoms. The number of nitrogens with two attached hydrogens (primary N) is 1. The second-order valence-corrected chi connectivity index (χ2v) is 8.04. The molecule has 0 radical (unpaired) electrons. The number of amides is 2. The molecule has 1 aromatic rings. The van der Waals surface area contributed by atoms with Crippen molar-refractivity contribution in [1.82, 2.24) is 4.90 Å². The van der Waals surface area contributed by atoms with E-state index in [9.17, 15) is 9.59 Å². The highest BCUT2D eigenvalue weighted by Gasteiger charge is 2.36. The van der Waals surface area contributed by atoms with Crippen molar-refractivity contribution in [2.24, 2.45) is 11.7 Å². The predicted molar refractivity (Wildman–Crippen MR) is 104 cm³/mol. The molecule has 25 heavy (non-hydrogen) atoms. The molecule has 1 aliphatic heterocycles. The molecule has 6 nitrogen and oxygen atoms in total. The van der Waals surface area contributed by atoms with E-state index in [1.165, 1.54) is 0 Å². The van der Waals surface area contributed by atoms with Gasteiger partial charge in [0.05, 0.1) is 6.04 Å². The van der Waals surface area contributed by atoms with E-state index in [4.69, 9.17) is 10.5 Å². The minimum atomic E-state index is -0.481. The summed E-state index contributed by atoms with van der Waals surface area (Å²) in [5, 5.41) is 2.74. The van der Waals surface area contributed by atoms with E-state index in [0.717, 1.165) is 42.3 Å². The van der Waals surface area contributed by atoms with Crippen LogP contribution in [0.5, 0.6) is 0 Å². The molecule has 1 heterocycles. The summed E-state index contributed by atoms with van der Waals surface area (Å²) in [7, 11) is 0. The molecule has 1 saturated heterocycles. The average Bonchev–Trinajstić information content (AvgIpc) is 3.27. The Morgan fingerprint density at radius 2 is 1.88 bits per heavy atom. The summed E-state index contributed by atoms with van der Waals surface area (Å²) in [5.74, 6) is 0.135. The monoisotopic (exact) mass is 457 g/mol. The van der Waals surface area contributed by atoms with Crippen LogP contribution in [0.3, 0.4) is 0 Å². The van der Waals surface area contributed by atoms with Gasteiger partial charge in [0.15, 0.2) is 0 Å². The predicted octanol–water partition coefficient (Wildman–Crippen LogP) is 2.96. The maximum absolute atomic E-state index is 12.4. The normalized spacial score (nSPS) is 24.2. The van der Waals surface area contributed by atoms with E-state index in [2.05, 4.69) is 27.9 Å². The fourth-order valence-electron chi connectivity index (χ4n) is 3.59. The molecule has 2 amide bonds. The Kier molecular flexibility index (Phi) is 6.16. The number of nitrogens with zero attached hydrogens (tertiary/aromatic N) is 1. The second-order valence-electron chi connectivity index (χ2n) is 6.79. The molecule has 0 aromatic heterocycles. The molecule has 2 fully saturated rings. The van der Waals surface area contributed by atoms with Gasteiger partial charge in [0.25, 0.3) is 0 Å². The van der Waals surface area contributed by atoms with Crippen LogP contribution in [0.4, 0.5) is 10.5 Å². The van der Waals surface area contributed by atoms with E-state index in [-0.39, 0.29) is 17.9 Å². The number of anilines is 1. The molecule has 0 unspecified atom stereocenters. The van der Waals surface area contributed by atoms with E-state index in [1.807, 2.05) is 29.2 Å². The summed E-state index contributed by atoms with van der Waals surface area (Å²) in [6.07, 6.45) is 3.73. The zero-order chi connectivity index (χ0) is 17.8. The highest BCUT2D eigenvalue weighted by molar-refractivity contribution is 14.1. The molecular weight excluding hydrogens is 433 g/mol. The maximum Gasteiger partial charge on any atom is 0.411 e. The number of rotatable bonds is 4. The molecule has 136 valence electrons. The number of ether oxygens (including phenoxy) is 1. The van der Waals surface area contributed by atoms with E-state index in [0.29, 0.717) is 12.1 Å². The number of halogens is 1. The summed E-state index contributed by atoms with van der Waals surface area (Å²) in [6, 6.07) is 7.04. The smallest absolute Gasteiger partial charge is 0.411 e. The molecular formula is C18H24IN3O3. The summed E-state index contributed by atoms with van der Waals surface area (Å²) in [6.45, 7) is 1.63. The van der Waals surface area contributed by atoms with Crippen molar-refractivity contribution in [2.45, 2.75) is 44.2 Å². The first-order valence-corrected chi connectivity index (χ1v) is 9.88. The van der Waals surface area contributed by atoms with Gasteiger partial charge in [0, 0.05) is 22.3 Å². The SMILES string of the molecule is N[C@H](C(=O)N1CCCC1)[C@@H]1CC[C@@H](OC(=O)Nc2ccc(I)cc2)C1. The third kappa shape index (κ3) is 4.84. The summed E-state index contributed by atoms with van der Waals surface area (Å²) in [4.78, 5) is 26.3. The molecule has 3 N–H and O–H groups in total. The zero-order valence-electron chi connectivity index (χ0n) is 14.1. The van der Waals surface area contributed by atoms with Gasteiger partial charge in [-0.25, -0.2) is 4.79 Å². The minimum Gasteiger partial charge on any atom is -0.446 e. The van der Waals surface area contributed by atoms with Gasteiger partial charge in [-0.05, 0) is 84.9 Å². The first-order chi connectivity index (χ1) is 12.0. The van der Waals surface area contributed by atoms with Crippen LogP contribution < -0.4 is 11.1 Å². The topological polar surface area (TPSA) is 84.7 Å². The average molecular weight is 457 g/mol. The summed E-state index contributed by atoms with van der Waals surface area (Å²) < 4.78 is 6.60. The lowest BCUT2D eigenvalue weighted by Crippen LogP contribution is -2.46. The van der Waals surface area contributed by atoms with Crippen LogP contribution >= 0.6 is 22.6 Å². The molecule has 0 spiro atoms. The van der Waals surface area contributed by atoms with Gasteiger partial charge in [0.2, 0.25) is 5.91 Å². The van der Waals surface area contributed by atoms with Crippen LogP contribution in [0.1, 0.15) is 32.1 Å². The van der Waals surface area contributed by atoms with Crippen LogP contribution in [0.2, 0.25) is 0 Å². The lowest BCUT2D eigenvalue weighted by molar-refractivity contribution is -0.132. The number of hydrogen-bond acceptors (Lipinski definition) is 4. The third-order valence-corrected chi connectivity index (χ3v) is 5.72. The summed E-state index contributed by atoms with van der Waals surface area (Å²) in [5.41, 5.74) is 6.89. The standard InChI is InChI=1S/C18H24IN3O3/c19-13-4-6-14(7-5-13)21-18(24)25-15-8-3-12(11-15)16(20)17(23)22-9-1-2-10-22/h4-7,12,15-16H,1-3,8-11,20H2,(H,21,24)/t12-,15-,16+/m1/s1. The van der Waals surface area contributed by atoms with Crippen molar-refractivity contribution >= 4 is 40.3 Å². The molecule has 3 rings (SSSR count). The second kappa shape index (κ2) is 8.35. The number of hydrogen-bond donors (Lipinski definition) is 2. The van der Waals surface area contributed by atoms with Gasteiger partial charge >= 0.3 is 6.09 Å². The Balaban J connectivity index is 1.46. The number of carbonyl (C=O) groups is 2. The number of carbonyl (C=O) groups excluding carboxylic acids is 2. The van der Waals surface area contributed by atoms with Gasteiger partial charge in [-0.2, -0.15) is 0 Å². The Morgan fingerprint density at radius 1 is 1.20 bits per heavy atom. The first kappa shape index (κ1) is 18.4. The molecule has 1 saturated carbocycles. The molecule has 2 aliphatic rings. The Bertz CT molecular complexity index is 616. The fourth-order valence-corrected chi connectivity index (χ4v) is 3.95. The number of nitrogens with one attached hydrogen (secondary N) is 1. The molecule has 1 aromatic carbocycles. The van der Waals surface area contributed by atoms with E-state index in [1.54, 1.807) is 0 Å². The van der Waals surface area contributed by atoms with Crippen LogP contribution in [0, 0.1) is 9.49 Å². The Morgan fingerprint density at radius 3 is 2.56 bits per heavy atom. The molecule has 0 bridgehead atoms. The highest BCUT2D eigenvalue weighted by atomic mass is 127. The first-order valence-electron chi connectivity index (χ1n) is 8.80. The van der Waals surface area contributed by atoms with Crippen molar-refractivity contribution in [1.29, 1.82) is 0 Å². The van der Waals surface area contributed by atoms with Gasteiger partial charge in [0.1, 0.15) is 6.10 Å². The van der Waals surface area contributed by atoms with Gasteiger partial charge in [-0.15, -0.1) is 0 Å². The lowest BCUT2D eigenvalue weighted by atomic mass is 9.97. The maximum atomic E-state index is 12.4. The third-order valence-electron chi connectivity index (χ3n) is 5.00. The lowest BCUT2D eigenvalue weighted by Gasteiger charge is -2.24. The van der Waals surface area contributed by atoms with Crippen LogP contribution in [-0.4, -0.2) is 42.1 Å². The van der Waals surface area contributed by atoms with Gasteiger partial charge in [-0.1, -0.05) is 0 Å². The highest BCUT2D eigenvalue weighted by Crippen LogP contribution is 2.31. The van der Waals surface area contributed by atoms with E-state index < -0.39 is 12.1 Å². The van der Waals surface area contributed by atoms with Crippen molar-refractivity contribution in [2.75, 3.05) is 18.4 Å². The van der Waals surface area contributed by atoms with Crippen molar-refractivity contribution in [3.63, 3.8) is 0 Å². The number of likely N-dealkylation sites (tertiary alicyclic amines) is 1. The molecule has 1 aliphatic carbocycles. The largest absolute Gasteiger partial charge is 0.446 e. The minimum absolute atomic E-state index is 0.0477. The van der Waals surface area contributed by atoms with E-state index >= 15 is 0 Å². The fraction of sp³-hybridized carbons (Fsp3) is 0.556.